The fourth-order valence-corrected chi connectivity index (χ4v) is 2.49. The number of carbonyl (C=O) groups is 1. The van der Waals surface area contributed by atoms with Crippen LogP contribution in [0, 0.1) is 0 Å². The smallest absolute Gasteiger partial charge is 0.255 e. The lowest BCUT2D eigenvalue weighted by Gasteiger charge is -2.12. The molecular formula is C17H17BrN2O4. The molecule has 24 heavy (non-hydrogen) atoms. The van der Waals surface area contributed by atoms with Crippen molar-refractivity contribution >= 4 is 33.7 Å². The largest absolute Gasteiger partial charge is 0.497 e. The van der Waals surface area contributed by atoms with Gasteiger partial charge in [-0.1, -0.05) is 0 Å². The lowest BCUT2D eigenvalue weighted by molar-refractivity contribution is -0.119. The first-order valence-electron chi connectivity index (χ1n) is 7.00. The summed E-state index contributed by atoms with van der Waals surface area (Å²) in [7, 11) is 3.13. The summed E-state index contributed by atoms with van der Waals surface area (Å²) in [6.45, 7) is -0.228. The minimum atomic E-state index is -0.561. The standard InChI is InChI=1S/C17H17BrN2O4/c1-22-13-5-3-12(4-6-13)20-9-11-7-14(18)17(15(8-11)23-2)24-10-16(19)21/h3-9H,10H2,1-2H3,(H2,19,21). The van der Waals surface area contributed by atoms with E-state index in [9.17, 15) is 4.79 Å². The Hall–Kier alpha value is -2.54. The van der Waals surface area contributed by atoms with Crippen LogP contribution in [0.2, 0.25) is 0 Å². The van der Waals surface area contributed by atoms with Gasteiger partial charge in [0.15, 0.2) is 18.1 Å². The number of primary amides is 1. The Balaban J connectivity index is 2.22. The van der Waals surface area contributed by atoms with Crippen LogP contribution in [0.1, 0.15) is 5.56 Å². The van der Waals surface area contributed by atoms with E-state index < -0.39 is 5.91 Å². The first-order valence-corrected chi connectivity index (χ1v) is 7.79. The molecule has 1 amide bonds. The van der Waals surface area contributed by atoms with Crippen LogP contribution in [0.3, 0.4) is 0 Å². The maximum absolute atomic E-state index is 10.9. The molecule has 0 aliphatic heterocycles. The highest BCUT2D eigenvalue weighted by molar-refractivity contribution is 9.10. The van der Waals surface area contributed by atoms with E-state index >= 15 is 0 Å². The van der Waals surface area contributed by atoms with Crippen molar-refractivity contribution in [1.29, 1.82) is 0 Å². The van der Waals surface area contributed by atoms with Crippen molar-refractivity contribution in [3.63, 3.8) is 0 Å². The van der Waals surface area contributed by atoms with Gasteiger partial charge in [0.2, 0.25) is 0 Å². The van der Waals surface area contributed by atoms with Gasteiger partial charge in [-0.3, -0.25) is 9.79 Å². The highest BCUT2D eigenvalue weighted by atomic mass is 79.9. The van der Waals surface area contributed by atoms with Crippen molar-refractivity contribution in [1.82, 2.24) is 0 Å². The Bertz CT molecular complexity index is 745. The number of ether oxygens (including phenoxy) is 3. The summed E-state index contributed by atoms with van der Waals surface area (Å²) in [4.78, 5) is 15.3. The molecule has 0 heterocycles. The number of rotatable bonds is 7. The van der Waals surface area contributed by atoms with Gasteiger partial charge in [-0.25, -0.2) is 0 Å². The summed E-state index contributed by atoms with van der Waals surface area (Å²) in [6, 6.07) is 11.0. The lowest BCUT2D eigenvalue weighted by Crippen LogP contribution is -2.20. The van der Waals surface area contributed by atoms with Crippen molar-refractivity contribution in [2.45, 2.75) is 0 Å². The van der Waals surface area contributed by atoms with E-state index in [1.54, 1.807) is 19.4 Å². The number of hydrogen-bond donors (Lipinski definition) is 1. The zero-order valence-electron chi connectivity index (χ0n) is 13.3. The second-order valence-corrected chi connectivity index (χ2v) is 5.60. The summed E-state index contributed by atoms with van der Waals surface area (Å²) in [6.07, 6.45) is 1.70. The summed E-state index contributed by atoms with van der Waals surface area (Å²) >= 11 is 3.40. The van der Waals surface area contributed by atoms with E-state index in [0.29, 0.717) is 16.0 Å². The number of carbonyl (C=O) groups excluding carboxylic acids is 1. The molecule has 2 N–H and O–H groups in total. The van der Waals surface area contributed by atoms with Crippen LogP contribution < -0.4 is 19.9 Å². The van der Waals surface area contributed by atoms with E-state index in [1.165, 1.54) is 7.11 Å². The van der Waals surface area contributed by atoms with Crippen LogP contribution in [0.15, 0.2) is 45.9 Å². The SMILES string of the molecule is COc1ccc(N=Cc2cc(Br)c(OCC(N)=O)c(OC)c2)cc1. The second kappa shape index (κ2) is 8.35. The van der Waals surface area contributed by atoms with E-state index in [-0.39, 0.29) is 6.61 Å². The van der Waals surface area contributed by atoms with Gasteiger partial charge in [-0.2, -0.15) is 0 Å². The van der Waals surface area contributed by atoms with Crippen molar-refractivity contribution in [2.75, 3.05) is 20.8 Å². The number of amides is 1. The predicted octanol–water partition coefficient (Wildman–Crippen LogP) is 3.08. The normalized spacial score (nSPS) is 10.6. The molecule has 0 spiro atoms. The van der Waals surface area contributed by atoms with Gasteiger partial charge in [0.25, 0.3) is 5.91 Å². The number of nitrogens with zero attached hydrogens (tertiary/aromatic N) is 1. The molecule has 0 radical (unpaired) electrons. The highest BCUT2D eigenvalue weighted by Crippen LogP contribution is 2.36. The Kier molecular flexibility index (Phi) is 6.20. The molecule has 0 saturated heterocycles. The maximum atomic E-state index is 10.9. The minimum Gasteiger partial charge on any atom is -0.497 e. The Morgan fingerprint density at radius 3 is 2.50 bits per heavy atom. The molecule has 0 unspecified atom stereocenters. The van der Waals surface area contributed by atoms with Crippen molar-refractivity contribution in [3.8, 4) is 17.2 Å². The third kappa shape index (κ3) is 4.73. The number of hydrogen-bond acceptors (Lipinski definition) is 5. The van der Waals surface area contributed by atoms with Gasteiger partial charge in [0, 0.05) is 6.21 Å². The Morgan fingerprint density at radius 2 is 1.92 bits per heavy atom. The topological polar surface area (TPSA) is 83.1 Å². The van der Waals surface area contributed by atoms with Crippen LogP contribution in [-0.2, 0) is 4.79 Å². The molecule has 7 heteroatoms. The highest BCUT2D eigenvalue weighted by Gasteiger charge is 2.12. The first kappa shape index (κ1) is 17.8. The Morgan fingerprint density at radius 1 is 1.21 bits per heavy atom. The number of nitrogens with two attached hydrogens (primary N) is 1. The fourth-order valence-electron chi connectivity index (χ4n) is 1.92. The maximum Gasteiger partial charge on any atom is 0.255 e. The molecule has 0 aromatic heterocycles. The summed E-state index contributed by atoms with van der Waals surface area (Å²) in [5.41, 5.74) is 6.69. The van der Waals surface area contributed by atoms with Crippen LogP contribution in [0.5, 0.6) is 17.2 Å². The van der Waals surface area contributed by atoms with Crippen LogP contribution >= 0.6 is 15.9 Å². The van der Waals surface area contributed by atoms with Gasteiger partial charge in [-0.15, -0.1) is 0 Å². The fraction of sp³-hybridized carbons (Fsp3) is 0.176. The van der Waals surface area contributed by atoms with Gasteiger partial charge in [-0.05, 0) is 57.9 Å². The Labute approximate surface area is 148 Å². The molecule has 2 aromatic rings. The molecular weight excluding hydrogens is 376 g/mol. The summed E-state index contributed by atoms with van der Waals surface area (Å²) < 4.78 is 16.4. The predicted molar refractivity (Wildman–Crippen MR) is 95.6 cm³/mol. The number of methoxy groups -OCH3 is 2. The van der Waals surface area contributed by atoms with Crippen molar-refractivity contribution in [2.24, 2.45) is 10.7 Å². The number of halogens is 1. The molecule has 0 bridgehead atoms. The van der Waals surface area contributed by atoms with Crippen molar-refractivity contribution < 1.29 is 19.0 Å². The van der Waals surface area contributed by atoms with Gasteiger partial charge >= 0.3 is 0 Å². The van der Waals surface area contributed by atoms with E-state index in [1.807, 2.05) is 30.3 Å². The zero-order chi connectivity index (χ0) is 17.5. The van der Waals surface area contributed by atoms with Crippen molar-refractivity contribution in [3.05, 3.63) is 46.4 Å². The molecule has 2 aromatic carbocycles. The van der Waals surface area contributed by atoms with Crippen LogP contribution in [-0.4, -0.2) is 32.9 Å². The third-order valence-corrected chi connectivity index (χ3v) is 3.63. The zero-order valence-corrected chi connectivity index (χ0v) is 14.9. The average Bonchev–Trinajstić information content (AvgIpc) is 2.58. The summed E-state index contributed by atoms with van der Waals surface area (Å²) in [5.74, 6) is 1.10. The van der Waals surface area contributed by atoms with Gasteiger partial charge < -0.3 is 19.9 Å². The average molecular weight is 393 g/mol. The molecule has 0 saturated carbocycles. The molecule has 6 nitrogen and oxygen atoms in total. The van der Waals surface area contributed by atoms with Crippen LogP contribution in [0.4, 0.5) is 5.69 Å². The number of benzene rings is 2. The quantitative estimate of drug-likeness (QED) is 0.733. The second-order valence-electron chi connectivity index (χ2n) is 4.75. The van der Waals surface area contributed by atoms with Gasteiger partial charge in [0.1, 0.15) is 5.75 Å². The molecule has 0 atom stereocenters. The molecule has 0 fully saturated rings. The first-order chi connectivity index (χ1) is 11.5. The molecule has 2 rings (SSSR count). The minimum absolute atomic E-state index is 0.228. The van der Waals surface area contributed by atoms with E-state index in [4.69, 9.17) is 19.9 Å². The van der Waals surface area contributed by atoms with E-state index in [0.717, 1.165) is 17.0 Å². The molecule has 0 aliphatic carbocycles. The summed E-state index contributed by atoms with van der Waals surface area (Å²) in [5, 5.41) is 0. The molecule has 0 aliphatic rings. The number of aliphatic imine (C=N–C) groups is 1. The monoisotopic (exact) mass is 392 g/mol. The lowest BCUT2D eigenvalue weighted by atomic mass is 10.2. The van der Waals surface area contributed by atoms with Crippen LogP contribution in [0.25, 0.3) is 0 Å². The van der Waals surface area contributed by atoms with Gasteiger partial charge in [0.05, 0.1) is 24.4 Å². The molecule has 126 valence electrons. The van der Waals surface area contributed by atoms with E-state index in [2.05, 4.69) is 20.9 Å². The third-order valence-electron chi connectivity index (χ3n) is 3.05.